The molecule has 0 amide bonds. The van der Waals surface area contributed by atoms with Crippen molar-refractivity contribution in [2.24, 2.45) is 11.8 Å². The fourth-order valence-electron chi connectivity index (χ4n) is 2.99. The Kier molecular flexibility index (Phi) is 3.88. The molecule has 3 nitrogen and oxygen atoms in total. The monoisotopic (exact) mass is 228 g/mol. The molecule has 2 aliphatic heterocycles. The molecule has 0 aromatic carbocycles. The summed E-state index contributed by atoms with van der Waals surface area (Å²) >= 11 is 0. The topological polar surface area (TPSA) is 38.7 Å². The highest BCUT2D eigenvalue weighted by Gasteiger charge is 2.41. The molecule has 0 aliphatic carbocycles. The first-order valence-corrected chi connectivity index (χ1v) is 6.53. The smallest absolute Gasteiger partial charge is 0.0730 e. The molecule has 2 atom stereocenters. The molecule has 2 heterocycles. The maximum atomic E-state index is 10.2. The van der Waals surface area contributed by atoms with Crippen molar-refractivity contribution in [3.63, 3.8) is 0 Å². The van der Waals surface area contributed by atoms with Crippen molar-refractivity contribution in [1.82, 2.24) is 0 Å². The lowest BCUT2D eigenvalue weighted by Crippen LogP contribution is -2.47. The summed E-state index contributed by atoms with van der Waals surface area (Å²) < 4.78 is 11.4. The van der Waals surface area contributed by atoms with Gasteiger partial charge in [-0.3, -0.25) is 0 Å². The molecule has 0 aromatic rings. The fourth-order valence-corrected chi connectivity index (χ4v) is 2.99. The van der Waals surface area contributed by atoms with E-state index in [4.69, 9.17) is 9.47 Å². The predicted molar refractivity (Wildman–Crippen MR) is 62.3 cm³/mol. The minimum Gasteiger partial charge on any atom is -0.393 e. The van der Waals surface area contributed by atoms with Crippen LogP contribution in [0.3, 0.4) is 0 Å². The zero-order chi connectivity index (χ0) is 11.6. The van der Waals surface area contributed by atoms with Gasteiger partial charge in [-0.1, -0.05) is 13.8 Å². The summed E-state index contributed by atoms with van der Waals surface area (Å²) in [5.41, 5.74) is 0.0109. The van der Waals surface area contributed by atoms with Crippen LogP contribution < -0.4 is 0 Å². The van der Waals surface area contributed by atoms with Crippen LogP contribution in [-0.2, 0) is 9.47 Å². The molecular formula is C13H24O3. The second-order valence-electron chi connectivity index (χ2n) is 5.63. The lowest BCUT2D eigenvalue weighted by molar-refractivity contribution is -0.161. The molecule has 0 bridgehead atoms. The molecule has 0 radical (unpaired) electrons. The fraction of sp³-hybridized carbons (Fsp3) is 1.00. The van der Waals surface area contributed by atoms with Gasteiger partial charge in [0.2, 0.25) is 0 Å². The molecule has 1 N–H and O–H groups in total. The van der Waals surface area contributed by atoms with Gasteiger partial charge in [0.25, 0.3) is 0 Å². The van der Waals surface area contributed by atoms with Gasteiger partial charge in [-0.25, -0.2) is 0 Å². The molecule has 1 spiro atoms. The lowest BCUT2D eigenvalue weighted by atomic mass is 9.76. The van der Waals surface area contributed by atoms with E-state index in [2.05, 4.69) is 13.8 Å². The summed E-state index contributed by atoms with van der Waals surface area (Å²) in [5.74, 6) is 0.756. The number of hydrogen-bond donors (Lipinski definition) is 1. The van der Waals surface area contributed by atoms with Gasteiger partial charge < -0.3 is 14.6 Å². The first-order chi connectivity index (χ1) is 7.63. The summed E-state index contributed by atoms with van der Waals surface area (Å²) in [7, 11) is 0. The van der Waals surface area contributed by atoms with E-state index < -0.39 is 0 Å². The van der Waals surface area contributed by atoms with E-state index in [1.165, 1.54) is 0 Å². The van der Waals surface area contributed by atoms with Crippen molar-refractivity contribution in [3.05, 3.63) is 0 Å². The van der Waals surface area contributed by atoms with Crippen molar-refractivity contribution in [2.45, 2.75) is 51.2 Å². The molecular weight excluding hydrogens is 204 g/mol. The Morgan fingerprint density at radius 3 is 2.50 bits per heavy atom. The lowest BCUT2D eigenvalue weighted by Gasteiger charge is -2.45. The molecule has 0 saturated carbocycles. The van der Waals surface area contributed by atoms with Crippen molar-refractivity contribution in [1.29, 1.82) is 0 Å². The number of ether oxygens (including phenoxy) is 2. The molecule has 94 valence electrons. The third-order valence-corrected chi connectivity index (χ3v) is 4.10. The average molecular weight is 228 g/mol. The number of aliphatic hydroxyl groups is 1. The second-order valence-corrected chi connectivity index (χ2v) is 5.63. The van der Waals surface area contributed by atoms with Crippen LogP contribution in [0.2, 0.25) is 0 Å². The second kappa shape index (κ2) is 5.03. The van der Waals surface area contributed by atoms with Gasteiger partial charge in [-0.15, -0.1) is 0 Å². The van der Waals surface area contributed by atoms with Crippen LogP contribution in [0.15, 0.2) is 0 Å². The van der Waals surface area contributed by atoms with Crippen LogP contribution in [0.1, 0.15) is 39.5 Å². The zero-order valence-corrected chi connectivity index (χ0v) is 10.4. The Bertz CT molecular complexity index is 216. The van der Waals surface area contributed by atoms with Crippen molar-refractivity contribution in [3.8, 4) is 0 Å². The summed E-state index contributed by atoms with van der Waals surface area (Å²) in [6.45, 7) is 6.61. The maximum Gasteiger partial charge on any atom is 0.0730 e. The van der Waals surface area contributed by atoms with Crippen molar-refractivity contribution >= 4 is 0 Å². The number of rotatable bonds is 2. The number of aliphatic hydroxyl groups excluding tert-OH is 1. The molecule has 2 unspecified atom stereocenters. The maximum absolute atomic E-state index is 10.2. The van der Waals surface area contributed by atoms with Gasteiger partial charge in [-0.05, 0) is 37.5 Å². The standard InChI is InChI=1S/C13H24O3/c1-10(2)12(14)11-3-6-16-13(9-11)4-7-15-8-5-13/h10-12,14H,3-9H2,1-2H3. The van der Waals surface area contributed by atoms with Crippen LogP contribution in [0.4, 0.5) is 0 Å². The normalized spacial score (nSPS) is 31.9. The van der Waals surface area contributed by atoms with Crippen LogP contribution in [0.5, 0.6) is 0 Å². The molecule has 2 rings (SSSR count). The minimum atomic E-state index is -0.177. The summed E-state index contributed by atoms with van der Waals surface area (Å²) in [6.07, 6.45) is 3.82. The SMILES string of the molecule is CC(C)C(O)C1CCOC2(CCOCC2)C1. The van der Waals surface area contributed by atoms with E-state index in [1.807, 2.05) is 0 Å². The quantitative estimate of drug-likeness (QED) is 0.785. The van der Waals surface area contributed by atoms with Crippen LogP contribution >= 0.6 is 0 Å². The van der Waals surface area contributed by atoms with Gasteiger partial charge >= 0.3 is 0 Å². The Labute approximate surface area is 98.1 Å². The predicted octanol–water partition coefficient (Wildman–Crippen LogP) is 1.98. The zero-order valence-electron chi connectivity index (χ0n) is 10.4. The van der Waals surface area contributed by atoms with Gasteiger partial charge in [0.1, 0.15) is 0 Å². The first-order valence-electron chi connectivity index (χ1n) is 6.53. The molecule has 2 saturated heterocycles. The van der Waals surface area contributed by atoms with Crippen molar-refractivity contribution < 1.29 is 14.6 Å². The Balaban J connectivity index is 1.97. The highest BCUT2D eigenvalue weighted by molar-refractivity contribution is 4.91. The highest BCUT2D eigenvalue weighted by atomic mass is 16.5. The largest absolute Gasteiger partial charge is 0.393 e. The summed E-state index contributed by atoms with van der Waals surface area (Å²) in [6, 6.07) is 0. The van der Waals surface area contributed by atoms with Gasteiger partial charge in [0, 0.05) is 19.8 Å². The van der Waals surface area contributed by atoms with Gasteiger partial charge in [0.05, 0.1) is 11.7 Å². The van der Waals surface area contributed by atoms with Crippen LogP contribution in [0.25, 0.3) is 0 Å². The molecule has 3 heteroatoms. The van der Waals surface area contributed by atoms with Gasteiger partial charge in [0.15, 0.2) is 0 Å². The van der Waals surface area contributed by atoms with E-state index in [-0.39, 0.29) is 11.7 Å². The van der Waals surface area contributed by atoms with Gasteiger partial charge in [-0.2, -0.15) is 0 Å². The highest BCUT2D eigenvalue weighted by Crippen LogP contribution is 2.39. The summed E-state index contributed by atoms with van der Waals surface area (Å²) in [5, 5.41) is 10.2. The van der Waals surface area contributed by atoms with Crippen LogP contribution in [-0.4, -0.2) is 36.6 Å². The Hall–Kier alpha value is -0.120. The third-order valence-electron chi connectivity index (χ3n) is 4.10. The van der Waals surface area contributed by atoms with E-state index in [0.29, 0.717) is 11.8 Å². The average Bonchev–Trinajstić information content (AvgIpc) is 2.29. The van der Waals surface area contributed by atoms with E-state index in [0.717, 1.165) is 45.5 Å². The molecule has 16 heavy (non-hydrogen) atoms. The summed E-state index contributed by atoms with van der Waals surface area (Å²) in [4.78, 5) is 0. The van der Waals surface area contributed by atoms with E-state index in [9.17, 15) is 5.11 Å². The number of hydrogen-bond acceptors (Lipinski definition) is 3. The van der Waals surface area contributed by atoms with Crippen molar-refractivity contribution in [2.75, 3.05) is 19.8 Å². The first kappa shape index (κ1) is 12.3. The van der Waals surface area contributed by atoms with Crippen LogP contribution in [0, 0.1) is 11.8 Å². The molecule has 2 fully saturated rings. The Morgan fingerprint density at radius 1 is 1.19 bits per heavy atom. The molecule has 0 aromatic heterocycles. The minimum absolute atomic E-state index is 0.0109. The molecule has 2 aliphatic rings. The van der Waals surface area contributed by atoms with E-state index in [1.54, 1.807) is 0 Å². The Morgan fingerprint density at radius 2 is 1.88 bits per heavy atom. The third kappa shape index (κ3) is 2.58. The van der Waals surface area contributed by atoms with E-state index >= 15 is 0 Å².